The van der Waals surface area contributed by atoms with Gasteiger partial charge < -0.3 is 20.3 Å². The molecular weight excluding hydrogens is 368 g/mol. The van der Waals surface area contributed by atoms with Gasteiger partial charge in [0, 0.05) is 50.7 Å². The van der Waals surface area contributed by atoms with Crippen molar-refractivity contribution < 1.29 is 14.3 Å². The summed E-state index contributed by atoms with van der Waals surface area (Å²) >= 11 is 0. The molecule has 1 aromatic rings. The Bertz CT molecular complexity index is 666. The van der Waals surface area contributed by atoms with Crippen LogP contribution in [0.25, 0.3) is 6.08 Å². The van der Waals surface area contributed by atoms with Crippen LogP contribution in [0.3, 0.4) is 0 Å². The summed E-state index contributed by atoms with van der Waals surface area (Å²) < 4.78 is 5.53. The second kappa shape index (κ2) is 11.6. The third-order valence-corrected chi connectivity index (χ3v) is 5.65. The molecule has 1 aromatic heterocycles. The highest BCUT2D eigenvalue weighted by molar-refractivity contribution is 5.91. The summed E-state index contributed by atoms with van der Waals surface area (Å²) in [5.41, 5.74) is 0.860. The van der Waals surface area contributed by atoms with Gasteiger partial charge in [-0.25, -0.2) is 4.79 Å². The standard InChI is InChI=1S/C22H32N4O3/c27-21(9-8-18-5-4-12-23-17-18)24-13-14-25-22(28)29-20-10-15-26(16-11-20)19-6-2-1-3-7-19/h4-5,8-9,12,17,19-20H,1-3,6-7,10-11,13-16H2,(H,24,27)(H,25,28)/b9-8+. The maximum atomic E-state index is 12.0. The topological polar surface area (TPSA) is 83.6 Å². The number of aromatic nitrogens is 1. The molecule has 0 aromatic carbocycles. The predicted octanol–water partition coefficient (Wildman–Crippen LogP) is 2.73. The number of carbonyl (C=O) groups excluding carboxylic acids is 2. The minimum absolute atomic E-state index is 0.00755. The van der Waals surface area contributed by atoms with Crippen molar-refractivity contribution in [3.8, 4) is 0 Å². The lowest BCUT2D eigenvalue weighted by Gasteiger charge is -2.38. The normalized spacial score (nSPS) is 19.2. The number of nitrogens with zero attached hydrogens (tertiary/aromatic N) is 2. The van der Waals surface area contributed by atoms with Gasteiger partial charge in [-0.3, -0.25) is 9.78 Å². The number of piperidine rings is 1. The molecule has 2 aliphatic rings. The lowest BCUT2D eigenvalue weighted by molar-refractivity contribution is -0.116. The van der Waals surface area contributed by atoms with E-state index >= 15 is 0 Å². The van der Waals surface area contributed by atoms with Gasteiger partial charge in [-0.15, -0.1) is 0 Å². The molecular formula is C22H32N4O3. The zero-order chi connectivity index (χ0) is 20.3. The van der Waals surface area contributed by atoms with Crippen LogP contribution in [-0.4, -0.2) is 60.2 Å². The average Bonchev–Trinajstić information content (AvgIpc) is 2.77. The molecule has 0 spiro atoms. The van der Waals surface area contributed by atoms with Gasteiger partial charge in [0.05, 0.1) is 0 Å². The molecule has 0 atom stereocenters. The largest absolute Gasteiger partial charge is 0.446 e. The smallest absolute Gasteiger partial charge is 0.407 e. The Morgan fingerprint density at radius 2 is 1.86 bits per heavy atom. The van der Waals surface area contributed by atoms with E-state index in [0.717, 1.165) is 37.5 Å². The summed E-state index contributed by atoms with van der Waals surface area (Å²) in [6.45, 7) is 2.72. The van der Waals surface area contributed by atoms with Crippen LogP contribution >= 0.6 is 0 Å². The van der Waals surface area contributed by atoms with E-state index in [2.05, 4.69) is 20.5 Å². The molecule has 0 unspecified atom stereocenters. The zero-order valence-electron chi connectivity index (χ0n) is 17.0. The molecule has 1 aliphatic heterocycles. The Kier molecular flexibility index (Phi) is 8.49. The molecule has 0 bridgehead atoms. The van der Waals surface area contributed by atoms with E-state index in [4.69, 9.17) is 4.74 Å². The second-order valence-electron chi connectivity index (χ2n) is 7.77. The van der Waals surface area contributed by atoms with Gasteiger partial charge in [-0.1, -0.05) is 25.3 Å². The fraction of sp³-hybridized carbons (Fsp3) is 0.591. The van der Waals surface area contributed by atoms with Crippen LogP contribution in [0, 0.1) is 0 Å². The second-order valence-corrected chi connectivity index (χ2v) is 7.77. The number of amides is 2. The molecule has 2 amide bonds. The number of pyridine rings is 1. The van der Waals surface area contributed by atoms with Gasteiger partial charge in [0.15, 0.2) is 0 Å². The number of hydrogen-bond donors (Lipinski definition) is 2. The number of carbonyl (C=O) groups is 2. The molecule has 1 saturated carbocycles. The minimum Gasteiger partial charge on any atom is -0.446 e. The van der Waals surface area contributed by atoms with Crippen molar-refractivity contribution in [2.24, 2.45) is 0 Å². The van der Waals surface area contributed by atoms with Crippen molar-refractivity contribution in [2.75, 3.05) is 26.2 Å². The fourth-order valence-corrected chi connectivity index (χ4v) is 4.05. The van der Waals surface area contributed by atoms with Crippen LogP contribution in [0.1, 0.15) is 50.5 Å². The number of alkyl carbamates (subject to hydrolysis) is 1. The quantitative estimate of drug-likeness (QED) is 0.543. The van der Waals surface area contributed by atoms with Crippen LogP contribution in [0.2, 0.25) is 0 Å². The molecule has 0 radical (unpaired) electrons. The first-order chi connectivity index (χ1) is 14.2. The summed E-state index contributed by atoms with van der Waals surface area (Å²) in [5.74, 6) is -0.209. The van der Waals surface area contributed by atoms with Gasteiger partial charge in [0.1, 0.15) is 6.10 Å². The van der Waals surface area contributed by atoms with Crippen LogP contribution in [0.4, 0.5) is 4.79 Å². The van der Waals surface area contributed by atoms with Crippen molar-refractivity contribution in [1.29, 1.82) is 0 Å². The van der Waals surface area contributed by atoms with Gasteiger partial charge in [0.25, 0.3) is 0 Å². The zero-order valence-corrected chi connectivity index (χ0v) is 17.0. The number of hydrogen-bond acceptors (Lipinski definition) is 5. The van der Waals surface area contributed by atoms with Crippen molar-refractivity contribution in [2.45, 2.75) is 57.1 Å². The molecule has 158 valence electrons. The summed E-state index contributed by atoms with van der Waals surface area (Å²) in [5, 5.41) is 5.44. The third-order valence-electron chi connectivity index (χ3n) is 5.65. The minimum atomic E-state index is -0.402. The van der Waals surface area contributed by atoms with Gasteiger partial charge >= 0.3 is 6.09 Å². The Morgan fingerprint density at radius 3 is 2.59 bits per heavy atom. The molecule has 29 heavy (non-hydrogen) atoms. The predicted molar refractivity (Wildman–Crippen MR) is 112 cm³/mol. The Balaban J connectivity index is 1.25. The molecule has 2 N–H and O–H groups in total. The Hall–Kier alpha value is -2.41. The maximum absolute atomic E-state index is 12.0. The van der Waals surface area contributed by atoms with E-state index in [1.165, 1.54) is 38.2 Å². The summed E-state index contributed by atoms with van der Waals surface area (Å²) in [7, 11) is 0. The Morgan fingerprint density at radius 1 is 1.10 bits per heavy atom. The summed E-state index contributed by atoms with van der Waals surface area (Å²) in [4.78, 5) is 30.3. The maximum Gasteiger partial charge on any atom is 0.407 e. The van der Waals surface area contributed by atoms with Gasteiger partial charge in [0.2, 0.25) is 5.91 Å². The van der Waals surface area contributed by atoms with Crippen molar-refractivity contribution in [3.63, 3.8) is 0 Å². The van der Waals surface area contributed by atoms with E-state index in [1.54, 1.807) is 18.5 Å². The van der Waals surface area contributed by atoms with E-state index in [9.17, 15) is 9.59 Å². The number of rotatable bonds is 7. The first kappa shape index (κ1) is 21.3. The monoisotopic (exact) mass is 400 g/mol. The number of ether oxygens (including phenoxy) is 1. The summed E-state index contributed by atoms with van der Waals surface area (Å²) in [6.07, 6.45) is 14.6. The first-order valence-electron chi connectivity index (χ1n) is 10.7. The van der Waals surface area contributed by atoms with E-state index in [-0.39, 0.29) is 12.0 Å². The average molecular weight is 401 g/mol. The van der Waals surface area contributed by atoms with Gasteiger partial charge in [-0.2, -0.15) is 0 Å². The molecule has 1 saturated heterocycles. The number of nitrogens with one attached hydrogen (secondary N) is 2. The Labute approximate surface area is 172 Å². The van der Waals surface area contributed by atoms with Crippen molar-refractivity contribution in [1.82, 2.24) is 20.5 Å². The molecule has 3 rings (SSSR count). The molecule has 2 fully saturated rings. The highest BCUT2D eigenvalue weighted by atomic mass is 16.6. The van der Waals surface area contributed by atoms with Crippen LogP contribution in [0.15, 0.2) is 30.6 Å². The number of likely N-dealkylation sites (tertiary alicyclic amines) is 1. The van der Waals surface area contributed by atoms with Crippen molar-refractivity contribution in [3.05, 3.63) is 36.2 Å². The molecule has 7 nitrogen and oxygen atoms in total. The fourth-order valence-electron chi connectivity index (χ4n) is 4.05. The lowest BCUT2D eigenvalue weighted by Crippen LogP contribution is -2.45. The lowest BCUT2D eigenvalue weighted by atomic mass is 9.92. The molecule has 7 heteroatoms. The van der Waals surface area contributed by atoms with E-state index in [1.807, 2.05) is 12.1 Å². The molecule has 2 heterocycles. The van der Waals surface area contributed by atoms with Crippen molar-refractivity contribution >= 4 is 18.1 Å². The molecule has 1 aliphatic carbocycles. The first-order valence-corrected chi connectivity index (χ1v) is 10.7. The van der Waals surface area contributed by atoms with Crippen LogP contribution < -0.4 is 10.6 Å². The third kappa shape index (κ3) is 7.49. The SMILES string of the molecule is O=C(/C=C/c1cccnc1)NCCNC(=O)OC1CCN(C2CCCCC2)CC1. The van der Waals surface area contributed by atoms with Crippen LogP contribution in [-0.2, 0) is 9.53 Å². The van der Waals surface area contributed by atoms with E-state index < -0.39 is 6.09 Å². The summed E-state index contributed by atoms with van der Waals surface area (Å²) in [6, 6.07) is 4.41. The van der Waals surface area contributed by atoms with Crippen LogP contribution in [0.5, 0.6) is 0 Å². The highest BCUT2D eigenvalue weighted by Gasteiger charge is 2.27. The van der Waals surface area contributed by atoms with Gasteiger partial charge in [-0.05, 0) is 43.4 Å². The highest BCUT2D eigenvalue weighted by Crippen LogP contribution is 2.25. The van der Waals surface area contributed by atoms with E-state index in [0.29, 0.717) is 13.1 Å².